The Balaban J connectivity index is 1.99. The van der Waals surface area contributed by atoms with Gasteiger partial charge in [-0.05, 0) is 6.07 Å². The molecule has 0 spiro atoms. The molecule has 0 aliphatic rings. The summed E-state index contributed by atoms with van der Waals surface area (Å²) in [5.41, 5.74) is 7.60. The van der Waals surface area contributed by atoms with Crippen LogP contribution in [0.2, 0.25) is 0 Å². The predicted octanol–water partition coefficient (Wildman–Crippen LogP) is 0.672. The van der Waals surface area contributed by atoms with Gasteiger partial charge in [-0.1, -0.05) is 18.2 Å². The van der Waals surface area contributed by atoms with Crippen LogP contribution in [0.1, 0.15) is 11.5 Å². The van der Waals surface area contributed by atoms with Crippen LogP contribution in [0.5, 0.6) is 0 Å². The summed E-state index contributed by atoms with van der Waals surface area (Å²) in [4.78, 5) is 4.11. The van der Waals surface area contributed by atoms with E-state index in [0.29, 0.717) is 18.9 Å². The molecule has 2 aromatic heterocycles. The first-order chi connectivity index (χ1) is 8.78. The van der Waals surface area contributed by atoms with Crippen molar-refractivity contribution in [3.8, 4) is 0 Å². The van der Waals surface area contributed by atoms with Crippen LogP contribution in [0.3, 0.4) is 0 Å². The van der Waals surface area contributed by atoms with Gasteiger partial charge in [-0.2, -0.15) is 10.2 Å². The van der Waals surface area contributed by atoms with E-state index in [1.54, 1.807) is 11.0 Å². The SMILES string of the molecule is Cn1nc(Cn2cnc(CN)n2)c2ccccc21. The highest BCUT2D eigenvalue weighted by atomic mass is 15.3. The fraction of sp³-hybridized carbons (Fsp3) is 0.250. The summed E-state index contributed by atoms with van der Waals surface area (Å²) < 4.78 is 3.64. The monoisotopic (exact) mass is 242 g/mol. The Morgan fingerprint density at radius 1 is 1.22 bits per heavy atom. The number of aromatic nitrogens is 5. The number of rotatable bonds is 3. The standard InChI is InChI=1S/C12H14N6/c1-17-11-5-3-2-4-9(11)10(15-17)7-18-8-14-12(6-13)16-18/h2-5,8H,6-7,13H2,1H3. The minimum absolute atomic E-state index is 0.357. The number of fused-ring (bicyclic) bond motifs is 1. The molecule has 2 heterocycles. The fourth-order valence-electron chi connectivity index (χ4n) is 2.06. The van der Waals surface area contributed by atoms with E-state index < -0.39 is 0 Å². The molecule has 0 bridgehead atoms. The molecule has 0 saturated heterocycles. The Hall–Kier alpha value is -2.21. The summed E-state index contributed by atoms with van der Waals surface area (Å²) in [6.07, 6.45) is 1.69. The average Bonchev–Trinajstić information content (AvgIpc) is 2.97. The number of nitrogens with zero attached hydrogens (tertiary/aromatic N) is 5. The maximum Gasteiger partial charge on any atom is 0.164 e. The second-order valence-electron chi connectivity index (χ2n) is 4.15. The summed E-state index contributed by atoms with van der Waals surface area (Å²) in [6.45, 7) is 0.963. The summed E-state index contributed by atoms with van der Waals surface area (Å²) >= 11 is 0. The molecule has 2 N–H and O–H groups in total. The van der Waals surface area contributed by atoms with Gasteiger partial charge < -0.3 is 5.73 Å². The van der Waals surface area contributed by atoms with Crippen molar-refractivity contribution in [3.05, 3.63) is 42.1 Å². The van der Waals surface area contributed by atoms with Gasteiger partial charge >= 0.3 is 0 Å². The number of hydrogen-bond acceptors (Lipinski definition) is 4. The molecule has 0 amide bonds. The van der Waals surface area contributed by atoms with E-state index in [0.717, 1.165) is 16.6 Å². The zero-order valence-corrected chi connectivity index (χ0v) is 10.1. The van der Waals surface area contributed by atoms with Gasteiger partial charge in [0, 0.05) is 12.4 Å². The molecule has 0 radical (unpaired) electrons. The van der Waals surface area contributed by atoms with Crippen LogP contribution >= 0.6 is 0 Å². The lowest BCUT2D eigenvalue weighted by Crippen LogP contribution is -2.04. The third-order valence-electron chi connectivity index (χ3n) is 2.91. The van der Waals surface area contributed by atoms with Crippen LogP contribution in [0, 0.1) is 0 Å². The van der Waals surface area contributed by atoms with Crippen LogP contribution in [0.25, 0.3) is 10.9 Å². The zero-order chi connectivity index (χ0) is 12.5. The first kappa shape index (κ1) is 10.9. The van der Waals surface area contributed by atoms with Gasteiger partial charge in [0.2, 0.25) is 0 Å². The lowest BCUT2D eigenvalue weighted by Gasteiger charge is -1.97. The molecule has 3 aromatic rings. The molecule has 18 heavy (non-hydrogen) atoms. The van der Waals surface area contributed by atoms with E-state index in [1.165, 1.54) is 0 Å². The molecule has 0 unspecified atom stereocenters. The van der Waals surface area contributed by atoms with Gasteiger partial charge in [0.25, 0.3) is 0 Å². The van der Waals surface area contributed by atoms with Crippen LogP contribution in [0.4, 0.5) is 0 Å². The van der Waals surface area contributed by atoms with Crippen LogP contribution in [-0.2, 0) is 20.1 Å². The maximum absolute atomic E-state index is 5.49. The summed E-state index contributed by atoms with van der Waals surface area (Å²) in [7, 11) is 1.94. The molecule has 92 valence electrons. The average molecular weight is 242 g/mol. The minimum Gasteiger partial charge on any atom is -0.324 e. The van der Waals surface area contributed by atoms with Gasteiger partial charge in [0.15, 0.2) is 5.82 Å². The van der Waals surface area contributed by atoms with Crippen molar-refractivity contribution >= 4 is 10.9 Å². The van der Waals surface area contributed by atoms with Crippen LogP contribution < -0.4 is 5.73 Å². The van der Waals surface area contributed by atoms with Gasteiger partial charge in [-0.3, -0.25) is 4.68 Å². The number of nitrogens with two attached hydrogens (primary N) is 1. The Labute approximate surface area is 104 Å². The zero-order valence-electron chi connectivity index (χ0n) is 10.1. The van der Waals surface area contributed by atoms with Crippen LogP contribution in [-0.4, -0.2) is 24.5 Å². The van der Waals surface area contributed by atoms with Crippen molar-refractivity contribution in [3.63, 3.8) is 0 Å². The lowest BCUT2D eigenvalue weighted by molar-refractivity contribution is 0.645. The predicted molar refractivity (Wildman–Crippen MR) is 67.7 cm³/mol. The Kier molecular flexibility index (Phi) is 2.56. The highest BCUT2D eigenvalue weighted by Crippen LogP contribution is 2.17. The number of aryl methyl sites for hydroxylation is 1. The van der Waals surface area contributed by atoms with Gasteiger partial charge in [0.1, 0.15) is 6.33 Å². The van der Waals surface area contributed by atoms with Crippen molar-refractivity contribution in [1.29, 1.82) is 0 Å². The number of hydrogen-bond donors (Lipinski definition) is 1. The van der Waals surface area contributed by atoms with Gasteiger partial charge in [-0.25, -0.2) is 9.67 Å². The maximum atomic E-state index is 5.49. The summed E-state index contributed by atoms with van der Waals surface area (Å²) in [6, 6.07) is 8.15. The number of para-hydroxylation sites is 1. The van der Waals surface area contributed by atoms with E-state index in [1.807, 2.05) is 23.9 Å². The molecule has 0 fully saturated rings. The molecule has 0 aliphatic heterocycles. The third kappa shape index (κ3) is 1.76. The van der Waals surface area contributed by atoms with Crippen molar-refractivity contribution in [2.75, 3.05) is 0 Å². The Bertz CT molecular complexity index is 681. The van der Waals surface area contributed by atoms with Gasteiger partial charge in [-0.15, -0.1) is 0 Å². The molecular formula is C12H14N6. The molecule has 0 saturated carbocycles. The quantitative estimate of drug-likeness (QED) is 0.732. The second-order valence-corrected chi connectivity index (χ2v) is 4.15. The van der Waals surface area contributed by atoms with E-state index in [9.17, 15) is 0 Å². The highest BCUT2D eigenvalue weighted by molar-refractivity contribution is 5.81. The first-order valence-electron chi connectivity index (χ1n) is 5.77. The normalized spacial score (nSPS) is 11.2. The molecule has 6 heteroatoms. The minimum atomic E-state index is 0.357. The number of benzene rings is 1. The van der Waals surface area contributed by atoms with E-state index in [2.05, 4.69) is 27.3 Å². The Morgan fingerprint density at radius 3 is 2.83 bits per heavy atom. The van der Waals surface area contributed by atoms with Crippen molar-refractivity contribution in [2.45, 2.75) is 13.1 Å². The summed E-state index contributed by atoms with van der Waals surface area (Å²) in [5.74, 6) is 0.648. The smallest absolute Gasteiger partial charge is 0.164 e. The first-order valence-corrected chi connectivity index (χ1v) is 5.77. The molecule has 3 rings (SSSR count). The topological polar surface area (TPSA) is 74.5 Å². The van der Waals surface area contributed by atoms with E-state index in [-0.39, 0.29) is 0 Å². The Morgan fingerprint density at radius 2 is 2.06 bits per heavy atom. The molecule has 0 atom stereocenters. The van der Waals surface area contributed by atoms with E-state index in [4.69, 9.17) is 5.73 Å². The largest absolute Gasteiger partial charge is 0.324 e. The van der Waals surface area contributed by atoms with Crippen molar-refractivity contribution in [1.82, 2.24) is 24.5 Å². The van der Waals surface area contributed by atoms with Crippen molar-refractivity contribution < 1.29 is 0 Å². The fourth-order valence-corrected chi connectivity index (χ4v) is 2.06. The molecular weight excluding hydrogens is 228 g/mol. The van der Waals surface area contributed by atoms with Crippen molar-refractivity contribution in [2.24, 2.45) is 12.8 Å². The molecule has 0 aliphatic carbocycles. The lowest BCUT2D eigenvalue weighted by atomic mass is 10.2. The van der Waals surface area contributed by atoms with E-state index >= 15 is 0 Å². The highest BCUT2D eigenvalue weighted by Gasteiger charge is 2.09. The molecule has 1 aromatic carbocycles. The summed E-state index contributed by atoms with van der Waals surface area (Å²) in [5, 5.41) is 9.93. The van der Waals surface area contributed by atoms with Crippen LogP contribution in [0.15, 0.2) is 30.6 Å². The second kappa shape index (κ2) is 4.23. The van der Waals surface area contributed by atoms with Gasteiger partial charge in [0.05, 0.1) is 24.3 Å². The molecule has 6 nitrogen and oxygen atoms in total. The third-order valence-corrected chi connectivity index (χ3v) is 2.91.